The Labute approximate surface area is 125 Å². The van der Waals surface area contributed by atoms with Crippen LogP contribution in [-0.4, -0.2) is 17.0 Å². The van der Waals surface area contributed by atoms with E-state index < -0.39 is 11.9 Å². The Kier molecular flexibility index (Phi) is 6.40. The molecule has 1 unspecified atom stereocenters. The van der Waals surface area contributed by atoms with Gasteiger partial charge >= 0.3 is 5.97 Å². The quantitative estimate of drug-likeness (QED) is 0.718. The van der Waals surface area contributed by atoms with Crippen LogP contribution in [0.1, 0.15) is 31.2 Å². The molecule has 0 saturated heterocycles. The van der Waals surface area contributed by atoms with E-state index in [1.165, 1.54) is 0 Å². The lowest BCUT2D eigenvalue weighted by Gasteiger charge is -2.14. The maximum atomic E-state index is 12.2. The summed E-state index contributed by atoms with van der Waals surface area (Å²) in [4.78, 5) is 23.2. The van der Waals surface area contributed by atoms with Gasteiger partial charge in [0.25, 0.3) is 0 Å². The number of carbonyl (C=O) groups excluding carboxylic acids is 1. The van der Waals surface area contributed by atoms with E-state index in [4.69, 9.17) is 5.11 Å². The first-order valence-corrected chi connectivity index (χ1v) is 6.85. The Balaban J connectivity index is 2.84. The molecule has 4 heteroatoms. The van der Waals surface area contributed by atoms with Crippen molar-refractivity contribution in [1.82, 2.24) is 0 Å². The Morgan fingerprint density at radius 2 is 1.90 bits per heavy atom. The third kappa shape index (κ3) is 4.91. The number of aliphatic carboxylic acids is 1. The second kappa shape index (κ2) is 8.04. The molecule has 0 fully saturated rings. The second-order valence-corrected chi connectivity index (χ2v) is 4.92. The van der Waals surface area contributed by atoms with E-state index in [0.29, 0.717) is 24.1 Å². The monoisotopic (exact) mass is 287 g/mol. The van der Waals surface area contributed by atoms with Gasteiger partial charge in [0.15, 0.2) is 0 Å². The van der Waals surface area contributed by atoms with E-state index in [1.807, 2.05) is 0 Å². The van der Waals surface area contributed by atoms with E-state index in [1.54, 1.807) is 43.3 Å². The van der Waals surface area contributed by atoms with Crippen molar-refractivity contribution in [3.05, 3.63) is 55.1 Å². The molecule has 1 amide bonds. The van der Waals surface area contributed by atoms with Crippen molar-refractivity contribution in [3.63, 3.8) is 0 Å². The lowest BCUT2D eigenvalue weighted by atomic mass is 9.99. The molecule has 0 spiro atoms. The molecule has 4 nitrogen and oxygen atoms in total. The van der Waals surface area contributed by atoms with Gasteiger partial charge in [-0.15, -0.1) is 13.2 Å². The molecule has 0 aliphatic heterocycles. The predicted octanol–water partition coefficient (Wildman–Crippen LogP) is 3.58. The smallest absolute Gasteiger partial charge is 0.310 e. The largest absolute Gasteiger partial charge is 0.481 e. The van der Waals surface area contributed by atoms with Crippen LogP contribution in [0.5, 0.6) is 0 Å². The topological polar surface area (TPSA) is 66.4 Å². The van der Waals surface area contributed by atoms with Gasteiger partial charge in [-0.1, -0.05) is 24.3 Å². The van der Waals surface area contributed by atoms with Crippen LogP contribution >= 0.6 is 0 Å². The zero-order valence-electron chi connectivity index (χ0n) is 12.2. The van der Waals surface area contributed by atoms with Gasteiger partial charge in [-0.05, 0) is 37.5 Å². The SMILES string of the molecule is C=CCC(CC=C)C(=O)Nc1cccc(C(C)C(=O)O)c1. The molecule has 0 aliphatic rings. The van der Waals surface area contributed by atoms with Gasteiger partial charge in [0.2, 0.25) is 5.91 Å². The molecular formula is C17H21NO3. The number of carbonyl (C=O) groups is 2. The van der Waals surface area contributed by atoms with E-state index in [2.05, 4.69) is 18.5 Å². The van der Waals surface area contributed by atoms with Gasteiger partial charge in [0.1, 0.15) is 0 Å². The number of amides is 1. The first kappa shape index (κ1) is 16.7. The van der Waals surface area contributed by atoms with Crippen LogP contribution in [0.2, 0.25) is 0 Å². The van der Waals surface area contributed by atoms with Crippen LogP contribution in [0.3, 0.4) is 0 Å². The van der Waals surface area contributed by atoms with Gasteiger partial charge in [0.05, 0.1) is 5.92 Å². The van der Waals surface area contributed by atoms with Crippen molar-refractivity contribution in [2.45, 2.75) is 25.7 Å². The number of anilines is 1. The van der Waals surface area contributed by atoms with Crippen LogP contribution in [0.4, 0.5) is 5.69 Å². The maximum Gasteiger partial charge on any atom is 0.310 e. The van der Waals surface area contributed by atoms with Crippen LogP contribution in [-0.2, 0) is 9.59 Å². The number of hydrogen-bond acceptors (Lipinski definition) is 2. The Bertz CT molecular complexity index is 527. The number of hydrogen-bond donors (Lipinski definition) is 2. The highest BCUT2D eigenvalue weighted by Crippen LogP contribution is 2.21. The number of allylic oxidation sites excluding steroid dienone is 2. The molecule has 1 aromatic rings. The van der Waals surface area contributed by atoms with E-state index >= 15 is 0 Å². The molecule has 112 valence electrons. The Morgan fingerprint density at radius 1 is 1.29 bits per heavy atom. The van der Waals surface area contributed by atoms with E-state index in [-0.39, 0.29) is 11.8 Å². The van der Waals surface area contributed by atoms with Gasteiger partial charge in [-0.2, -0.15) is 0 Å². The first-order chi connectivity index (χ1) is 9.99. The molecule has 0 saturated carbocycles. The fourth-order valence-electron chi connectivity index (χ4n) is 1.99. The lowest BCUT2D eigenvalue weighted by molar-refractivity contribution is -0.138. The van der Waals surface area contributed by atoms with Crippen molar-refractivity contribution < 1.29 is 14.7 Å². The standard InChI is InChI=1S/C17H21NO3/c1-4-7-13(8-5-2)16(19)18-15-10-6-9-14(11-15)12(3)17(20)21/h4-6,9-13H,1-2,7-8H2,3H3,(H,18,19)(H,20,21). The number of carboxylic acid groups (broad SMARTS) is 1. The fourth-order valence-corrected chi connectivity index (χ4v) is 1.99. The molecule has 0 bridgehead atoms. The summed E-state index contributed by atoms with van der Waals surface area (Å²) in [5.74, 6) is -1.83. The number of benzene rings is 1. The summed E-state index contributed by atoms with van der Waals surface area (Å²) in [6.45, 7) is 8.91. The molecule has 0 aliphatic carbocycles. The van der Waals surface area contributed by atoms with Gasteiger partial charge in [-0.3, -0.25) is 9.59 Å². The molecule has 1 rings (SSSR count). The molecule has 0 radical (unpaired) electrons. The summed E-state index contributed by atoms with van der Waals surface area (Å²) in [5, 5.41) is 11.8. The van der Waals surface area contributed by atoms with E-state index in [9.17, 15) is 9.59 Å². The van der Waals surface area contributed by atoms with Crippen LogP contribution in [0.15, 0.2) is 49.6 Å². The number of nitrogens with one attached hydrogen (secondary N) is 1. The van der Waals surface area contributed by atoms with Crippen molar-refractivity contribution >= 4 is 17.6 Å². The molecular weight excluding hydrogens is 266 g/mol. The average Bonchev–Trinajstić information content (AvgIpc) is 2.46. The Morgan fingerprint density at radius 3 is 2.43 bits per heavy atom. The minimum Gasteiger partial charge on any atom is -0.481 e. The lowest BCUT2D eigenvalue weighted by Crippen LogP contribution is -2.22. The summed E-state index contributed by atoms with van der Waals surface area (Å²) in [6.07, 6.45) is 4.56. The summed E-state index contributed by atoms with van der Waals surface area (Å²) in [5.41, 5.74) is 1.26. The zero-order valence-corrected chi connectivity index (χ0v) is 12.2. The summed E-state index contributed by atoms with van der Waals surface area (Å²) in [7, 11) is 0. The molecule has 1 atom stereocenters. The summed E-state index contributed by atoms with van der Waals surface area (Å²) in [6, 6.07) is 6.91. The second-order valence-electron chi connectivity index (χ2n) is 4.92. The maximum absolute atomic E-state index is 12.2. The minimum absolute atomic E-state index is 0.116. The van der Waals surface area contributed by atoms with Gasteiger partial charge in [0, 0.05) is 11.6 Å². The van der Waals surface area contributed by atoms with Gasteiger partial charge in [-0.25, -0.2) is 0 Å². The first-order valence-electron chi connectivity index (χ1n) is 6.85. The van der Waals surface area contributed by atoms with Gasteiger partial charge < -0.3 is 10.4 Å². The highest BCUT2D eigenvalue weighted by Gasteiger charge is 2.17. The third-order valence-corrected chi connectivity index (χ3v) is 3.30. The average molecular weight is 287 g/mol. The molecule has 0 aromatic heterocycles. The summed E-state index contributed by atoms with van der Waals surface area (Å²) >= 11 is 0. The molecule has 21 heavy (non-hydrogen) atoms. The van der Waals surface area contributed by atoms with Crippen LogP contribution in [0.25, 0.3) is 0 Å². The summed E-state index contributed by atoms with van der Waals surface area (Å²) < 4.78 is 0. The van der Waals surface area contributed by atoms with Crippen LogP contribution in [0, 0.1) is 5.92 Å². The van der Waals surface area contributed by atoms with E-state index in [0.717, 1.165) is 0 Å². The van der Waals surface area contributed by atoms with Crippen molar-refractivity contribution in [2.75, 3.05) is 5.32 Å². The fraction of sp³-hybridized carbons (Fsp3) is 0.294. The van der Waals surface area contributed by atoms with Crippen molar-refractivity contribution in [1.29, 1.82) is 0 Å². The van der Waals surface area contributed by atoms with Crippen molar-refractivity contribution in [3.8, 4) is 0 Å². The predicted molar refractivity (Wildman–Crippen MR) is 84.2 cm³/mol. The minimum atomic E-state index is -0.894. The molecule has 0 heterocycles. The van der Waals surface area contributed by atoms with Crippen LogP contribution < -0.4 is 5.32 Å². The number of carboxylic acids is 1. The zero-order chi connectivity index (χ0) is 15.8. The highest BCUT2D eigenvalue weighted by atomic mass is 16.4. The third-order valence-electron chi connectivity index (χ3n) is 3.30. The van der Waals surface area contributed by atoms with Crippen molar-refractivity contribution in [2.24, 2.45) is 5.92 Å². The highest BCUT2D eigenvalue weighted by molar-refractivity contribution is 5.93. The molecule has 1 aromatic carbocycles. The Hall–Kier alpha value is -2.36. The number of rotatable bonds is 8. The molecule has 2 N–H and O–H groups in total. The normalized spacial score (nSPS) is 11.7.